The molecule has 110 valence electrons. The number of sulfonamides is 1. The maximum Gasteiger partial charge on any atom is 0.340 e. The van der Waals surface area contributed by atoms with Gasteiger partial charge in [0.05, 0.1) is 5.69 Å². The molecule has 0 fully saturated rings. The highest BCUT2D eigenvalue weighted by Gasteiger charge is 2.36. The number of benzene rings is 1. The molecule has 1 aliphatic rings. The molecule has 0 spiro atoms. The Bertz CT molecular complexity index is 826. The van der Waals surface area contributed by atoms with Gasteiger partial charge in [-0.15, -0.1) is 0 Å². The third kappa shape index (κ3) is 1.99. The summed E-state index contributed by atoms with van der Waals surface area (Å²) in [6.07, 6.45) is 0.598. The van der Waals surface area contributed by atoms with Gasteiger partial charge in [-0.1, -0.05) is 18.2 Å². The molecule has 1 aliphatic heterocycles. The lowest BCUT2D eigenvalue weighted by Crippen LogP contribution is -2.30. The first-order valence-electron chi connectivity index (χ1n) is 6.32. The first-order valence-corrected chi connectivity index (χ1v) is 7.76. The lowest BCUT2D eigenvalue weighted by atomic mass is 10.2. The van der Waals surface area contributed by atoms with Gasteiger partial charge in [0.1, 0.15) is 5.56 Å². The number of aromatic nitrogens is 2. The predicted molar refractivity (Wildman–Crippen MR) is 75.0 cm³/mol. The molecule has 8 heteroatoms. The smallest absolute Gasteiger partial charge is 0.340 e. The van der Waals surface area contributed by atoms with E-state index in [4.69, 9.17) is 0 Å². The zero-order chi connectivity index (χ0) is 15.2. The second-order valence-electron chi connectivity index (χ2n) is 4.79. The Kier molecular flexibility index (Phi) is 2.98. The third-order valence-electron chi connectivity index (χ3n) is 3.51. The molecule has 2 aromatic rings. The van der Waals surface area contributed by atoms with Crippen molar-refractivity contribution in [1.82, 2.24) is 10.2 Å². The van der Waals surface area contributed by atoms with Crippen LogP contribution in [0.15, 0.2) is 29.3 Å². The van der Waals surface area contributed by atoms with Crippen LogP contribution in [0.25, 0.3) is 0 Å². The number of aromatic carboxylic acids is 1. The van der Waals surface area contributed by atoms with Crippen molar-refractivity contribution in [2.45, 2.75) is 18.4 Å². The maximum absolute atomic E-state index is 12.7. The van der Waals surface area contributed by atoms with Gasteiger partial charge < -0.3 is 5.11 Å². The fourth-order valence-electron chi connectivity index (χ4n) is 2.51. The second-order valence-corrected chi connectivity index (χ2v) is 6.57. The van der Waals surface area contributed by atoms with Crippen LogP contribution >= 0.6 is 0 Å². The molecule has 0 radical (unpaired) electrons. The SMILES string of the molecule is Cc1[nH]nc(S(=O)(=O)N2CCc3ccccc32)c1C(=O)O. The minimum absolute atomic E-state index is 0.216. The number of carboxylic acids is 1. The Hall–Kier alpha value is -2.35. The summed E-state index contributed by atoms with van der Waals surface area (Å²) in [4.78, 5) is 11.3. The molecule has 0 atom stereocenters. The van der Waals surface area contributed by atoms with Gasteiger partial charge in [-0.2, -0.15) is 13.5 Å². The summed E-state index contributed by atoms with van der Waals surface area (Å²) in [7, 11) is -4.00. The summed E-state index contributed by atoms with van der Waals surface area (Å²) in [5.74, 6) is -1.31. The first-order chi connectivity index (χ1) is 9.93. The second kappa shape index (κ2) is 4.59. The summed E-state index contributed by atoms with van der Waals surface area (Å²) >= 11 is 0. The number of rotatable bonds is 3. The van der Waals surface area contributed by atoms with Gasteiger partial charge in [0.15, 0.2) is 0 Å². The minimum atomic E-state index is -4.00. The maximum atomic E-state index is 12.7. The molecule has 0 saturated carbocycles. The summed E-state index contributed by atoms with van der Waals surface area (Å²) in [6.45, 7) is 1.76. The number of aromatic amines is 1. The van der Waals surface area contributed by atoms with E-state index in [1.807, 2.05) is 12.1 Å². The highest BCUT2D eigenvalue weighted by Crippen LogP contribution is 2.33. The summed E-state index contributed by atoms with van der Waals surface area (Å²) in [5.41, 5.74) is 1.41. The molecule has 0 amide bonds. The van der Waals surface area contributed by atoms with E-state index in [-0.39, 0.29) is 17.8 Å². The zero-order valence-corrected chi connectivity index (χ0v) is 12.0. The minimum Gasteiger partial charge on any atom is -0.478 e. The van der Waals surface area contributed by atoms with Crippen LogP contribution in [-0.2, 0) is 16.4 Å². The van der Waals surface area contributed by atoms with Gasteiger partial charge in [0.25, 0.3) is 10.0 Å². The average molecular weight is 307 g/mol. The average Bonchev–Trinajstić information content (AvgIpc) is 3.02. The van der Waals surface area contributed by atoms with Crippen molar-refractivity contribution in [3.63, 3.8) is 0 Å². The van der Waals surface area contributed by atoms with Crippen molar-refractivity contribution >= 4 is 21.7 Å². The van der Waals surface area contributed by atoms with Crippen molar-refractivity contribution in [2.75, 3.05) is 10.8 Å². The molecule has 0 unspecified atom stereocenters. The van der Waals surface area contributed by atoms with Crippen LogP contribution in [0.2, 0.25) is 0 Å². The van der Waals surface area contributed by atoms with E-state index >= 15 is 0 Å². The molecule has 21 heavy (non-hydrogen) atoms. The summed E-state index contributed by atoms with van der Waals surface area (Å²) < 4.78 is 26.6. The first kappa shape index (κ1) is 13.6. The molecular formula is C13H13N3O4S. The van der Waals surface area contributed by atoms with E-state index < -0.39 is 21.0 Å². The predicted octanol–water partition coefficient (Wildman–Crippen LogP) is 1.17. The number of fused-ring (bicyclic) bond motifs is 1. The monoisotopic (exact) mass is 307 g/mol. The Balaban J connectivity index is 2.14. The van der Waals surface area contributed by atoms with Crippen LogP contribution in [-0.4, -0.2) is 36.2 Å². The quantitative estimate of drug-likeness (QED) is 0.886. The van der Waals surface area contributed by atoms with Gasteiger partial charge >= 0.3 is 5.97 Å². The third-order valence-corrected chi connectivity index (χ3v) is 5.25. The number of hydrogen-bond acceptors (Lipinski definition) is 4. The molecule has 2 heterocycles. The van der Waals surface area contributed by atoms with Crippen molar-refractivity contribution < 1.29 is 18.3 Å². The lowest BCUT2D eigenvalue weighted by Gasteiger charge is -2.18. The van der Waals surface area contributed by atoms with Gasteiger partial charge in [-0.25, -0.2) is 4.79 Å². The van der Waals surface area contributed by atoms with Crippen molar-refractivity contribution in [3.05, 3.63) is 41.1 Å². The topological polar surface area (TPSA) is 103 Å². The molecule has 2 N–H and O–H groups in total. The normalized spacial score (nSPS) is 14.2. The molecular weight excluding hydrogens is 294 g/mol. The molecule has 0 aliphatic carbocycles. The van der Waals surface area contributed by atoms with Gasteiger partial charge in [-0.05, 0) is 25.0 Å². The van der Waals surface area contributed by atoms with E-state index in [2.05, 4.69) is 10.2 Å². The number of anilines is 1. The van der Waals surface area contributed by atoms with Crippen LogP contribution in [0.3, 0.4) is 0 Å². The Morgan fingerprint density at radius 1 is 1.38 bits per heavy atom. The molecule has 7 nitrogen and oxygen atoms in total. The molecule has 1 aromatic heterocycles. The van der Waals surface area contributed by atoms with Crippen LogP contribution in [0, 0.1) is 6.92 Å². The van der Waals surface area contributed by atoms with E-state index in [0.717, 1.165) is 5.56 Å². The number of nitrogens with zero attached hydrogens (tertiary/aromatic N) is 2. The number of carbonyl (C=O) groups is 1. The van der Waals surface area contributed by atoms with E-state index in [0.29, 0.717) is 12.1 Å². The van der Waals surface area contributed by atoms with Crippen LogP contribution in [0.4, 0.5) is 5.69 Å². The molecule has 0 saturated heterocycles. The van der Waals surface area contributed by atoms with Crippen LogP contribution in [0.1, 0.15) is 21.6 Å². The van der Waals surface area contributed by atoms with Gasteiger partial charge in [0, 0.05) is 12.2 Å². The fraction of sp³-hybridized carbons (Fsp3) is 0.231. The standard InChI is InChI=1S/C13H13N3O4S/c1-8-11(13(17)18)12(15-14-8)21(19,20)16-7-6-9-4-2-3-5-10(9)16/h2-5H,6-7H2,1H3,(H,14,15)(H,17,18). The number of hydrogen-bond donors (Lipinski definition) is 2. The largest absolute Gasteiger partial charge is 0.478 e. The summed E-state index contributed by atoms with van der Waals surface area (Å²) in [5, 5.41) is 14.9. The molecule has 3 rings (SSSR count). The Labute approximate surface area is 121 Å². The van der Waals surface area contributed by atoms with Crippen molar-refractivity contribution in [3.8, 4) is 0 Å². The van der Waals surface area contributed by atoms with E-state index in [9.17, 15) is 18.3 Å². The van der Waals surface area contributed by atoms with Crippen LogP contribution in [0.5, 0.6) is 0 Å². The van der Waals surface area contributed by atoms with Gasteiger partial charge in [0.2, 0.25) is 5.03 Å². The van der Waals surface area contributed by atoms with Gasteiger partial charge in [-0.3, -0.25) is 9.40 Å². The van der Waals surface area contributed by atoms with Crippen LogP contribution < -0.4 is 4.31 Å². The van der Waals surface area contributed by atoms with E-state index in [1.54, 1.807) is 12.1 Å². The Morgan fingerprint density at radius 3 is 2.81 bits per heavy atom. The number of H-pyrrole nitrogens is 1. The zero-order valence-electron chi connectivity index (χ0n) is 11.2. The Morgan fingerprint density at radius 2 is 2.10 bits per heavy atom. The molecule has 0 bridgehead atoms. The molecule has 1 aromatic carbocycles. The number of aryl methyl sites for hydroxylation is 1. The number of para-hydroxylation sites is 1. The lowest BCUT2D eigenvalue weighted by molar-refractivity contribution is 0.0692. The highest BCUT2D eigenvalue weighted by atomic mass is 32.2. The van der Waals surface area contributed by atoms with Crippen molar-refractivity contribution in [2.24, 2.45) is 0 Å². The van der Waals surface area contributed by atoms with E-state index in [1.165, 1.54) is 11.2 Å². The number of carboxylic acid groups (broad SMARTS) is 1. The fourth-order valence-corrected chi connectivity index (χ4v) is 4.14. The van der Waals surface area contributed by atoms with Crippen molar-refractivity contribution in [1.29, 1.82) is 0 Å². The summed E-state index contributed by atoms with van der Waals surface area (Å²) in [6, 6.07) is 7.16. The number of nitrogens with one attached hydrogen (secondary N) is 1. The highest BCUT2D eigenvalue weighted by molar-refractivity contribution is 7.92.